The van der Waals surface area contributed by atoms with Crippen molar-refractivity contribution in [3.05, 3.63) is 59.7 Å². The summed E-state index contributed by atoms with van der Waals surface area (Å²) in [5.74, 6) is -1.22. The fourth-order valence-electron chi connectivity index (χ4n) is 2.23. The van der Waals surface area contributed by atoms with Crippen molar-refractivity contribution in [1.29, 1.82) is 0 Å². The van der Waals surface area contributed by atoms with E-state index in [2.05, 4.69) is 9.97 Å². The monoisotopic (exact) mass is 297 g/mol. The average Bonchev–Trinajstić information content (AvgIpc) is 3.38. The maximum atomic E-state index is 12.6. The van der Waals surface area contributed by atoms with E-state index < -0.39 is 5.97 Å². The van der Waals surface area contributed by atoms with Gasteiger partial charge in [-0.05, 0) is 42.7 Å². The van der Waals surface area contributed by atoms with Gasteiger partial charge in [0, 0.05) is 31.2 Å². The Morgan fingerprint density at radius 3 is 2.45 bits per heavy atom. The van der Waals surface area contributed by atoms with Gasteiger partial charge in [-0.25, -0.2) is 4.79 Å². The molecule has 0 unspecified atom stereocenters. The van der Waals surface area contributed by atoms with E-state index in [0.29, 0.717) is 6.54 Å². The summed E-state index contributed by atoms with van der Waals surface area (Å²) in [4.78, 5) is 33.2. The molecule has 6 heteroatoms. The number of carboxylic acid groups (broad SMARTS) is 1. The van der Waals surface area contributed by atoms with E-state index in [1.165, 1.54) is 18.3 Å². The van der Waals surface area contributed by atoms with Crippen LogP contribution in [0.1, 0.15) is 39.3 Å². The van der Waals surface area contributed by atoms with Crippen LogP contribution in [0, 0.1) is 0 Å². The molecule has 112 valence electrons. The lowest BCUT2D eigenvalue weighted by Crippen LogP contribution is -2.33. The molecule has 3 rings (SSSR count). The van der Waals surface area contributed by atoms with Crippen molar-refractivity contribution in [3.8, 4) is 0 Å². The van der Waals surface area contributed by atoms with Gasteiger partial charge in [-0.3, -0.25) is 14.8 Å². The Kier molecular flexibility index (Phi) is 3.82. The van der Waals surface area contributed by atoms with Gasteiger partial charge in [0.15, 0.2) is 0 Å². The van der Waals surface area contributed by atoms with Crippen LogP contribution in [0.2, 0.25) is 0 Å². The number of rotatable bonds is 5. The zero-order valence-corrected chi connectivity index (χ0v) is 11.8. The van der Waals surface area contributed by atoms with Crippen LogP contribution in [0.25, 0.3) is 0 Å². The molecule has 2 aromatic heterocycles. The van der Waals surface area contributed by atoms with E-state index in [4.69, 9.17) is 5.11 Å². The quantitative estimate of drug-likeness (QED) is 0.912. The average molecular weight is 297 g/mol. The molecule has 1 fully saturated rings. The summed E-state index contributed by atoms with van der Waals surface area (Å²) < 4.78 is 0. The van der Waals surface area contributed by atoms with Crippen LogP contribution < -0.4 is 0 Å². The molecule has 0 radical (unpaired) electrons. The molecule has 0 spiro atoms. The normalized spacial score (nSPS) is 13.6. The lowest BCUT2D eigenvalue weighted by atomic mass is 10.2. The van der Waals surface area contributed by atoms with Gasteiger partial charge < -0.3 is 10.0 Å². The minimum Gasteiger partial charge on any atom is -0.478 e. The van der Waals surface area contributed by atoms with Gasteiger partial charge >= 0.3 is 5.97 Å². The molecule has 0 aliphatic heterocycles. The Bertz CT molecular complexity index is 682. The number of amides is 1. The topological polar surface area (TPSA) is 83.4 Å². The minimum atomic E-state index is -1.05. The summed E-state index contributed by atoms with van der Waals surface area (Å²) in [7, 11) is 0. The van der Waals surface area contributed by atoms with Crippen molar-refractivity contribution in [2.45, 2.75) is 25.4 Å². The highest BCUT2D eigenvalue weighted by atomic mass is 16.4. The molecular formula is C16H15N3O3. The Hall–Kier alpha value is -2.76. The van der Waals surface area contributed by atoms with Crippen LogP contribution in [0.3, 0.4) is 0 Å². The summed E-state index contributed by atoms with van der Waals surface area (Å²) in [6, 6.07) is 6.86. The summed E-state index contributed by atoms with van der Waals surface area (Å²) in [6.45, 7) is 0.508. The second-order valence-electron chi connectivity index (χ2n) is 5.26. The smallest absolute Gasteiger partial charge is 0.337 e. The molecule has 2 aromatic rings. The first-order valence-corrected chi connectivity index (χ1v) is 7.04. The zero-order valence-electron chi connectivity index (χ0n) is 11.8. The Balaban J connectivity index is 1.79. The highest BCUT2D eigenvalue weighted by Gasteiger charge is 2.33. The molecule has 1 amide bonds. The maximum absolute atomic E-state index is 12.6. The predicted molar refractivity (Wildman–Crippen MR) is 78.3 cm³/mol. The Labute approximate surface area is 127 Å². The predicted octanol–water partition coefficient (Wildman–Crippen LogP) is 1.98. The van der Waals surface area contributed by atoms with E-state index in [1.807, 2.05) is 12.1 Å². The minimum absolute atomic E-state index is 0.0728. The molecular weight excluding hydrogens is 282 g/mol. The van der Waals surface area contributed by atoms with Crippen molar-refractivity contribution < 1.29 is 14.7 Å². The van der Waals surface area contributed by atoms with E-state index in [0.717, 1.165) is 18.4 Å². The summed E-state index contributed by atoms with van der Waals surface area (Å²) in [6.07, 6.45) is 6.59. The van der Waals surface area contributed by atoms with Crippen LogP contribution >= 0.6 is 0 Å². The van der Waals surface area contributed by atoms with Gasteiger partial charge in [0.05, 0.1) is 5.56 Å². The van der Waals surface area contributed by atoms with Gasteiger partial charge in [-0.15, -0.1) is 0 Å². The fraction of sp³-hybridized carbons (Fsp3) is 0.250. The number of hydrogen-bond acceptors (Lipinski definition) is 4. The molecule has 1 N–H and O–H groups in total. The van der Waals surface area contributed by atoms with Gasteiger partial charge in [0.2, 0.25) is 0 Å². The van der Waals surface area contributed by atoms with Crippen LogP contribution in [-0.4, -0.2) is 37.9 Å². The van der Waals surface area contributed by atoms with E-state index in [9.17, 15) is 9.59 Å². The number of hydrogen-bond donors (Lipinski definition) is 1. The fourth-order valence-corrected chi connectivity index (χ4v) is 2.23. The van der Waals surface area contributed by atoms with Crippen LogP contribution in [0.5, 0.6) is 0 Å². The molecule has 6 nitrogen and oxygen atoms in total. The second-order valence-corrected chi connectivity index (χ2v) is 5.26. The van der Waals surface area contributed by atoms with E-state index >= 15 is 0 Å². The largest absolute Gasteiger partial charge is 0.478 e. The van der Waals surface area contributed by atoms with Crippen molar-refractivity contribution >= 4 is 11.9 Å². The van der Waals surface area contributed by atoms with Gasteiger partial charge in [-0.2, -0.15) is 0 Å². The van der Waals surface area contributed by atoms with E-state index in [-0.39, 0.29) is 23.2 Å². The highest BCUT2D eigenvalue weighted by molar-refractivity contribution is 5.94. The maximum Gasteiger partial charge on any atom is 0.337 e. The second kappa shape index (κ2) is 5.93. The lowest BCUT2D eigenvalue weighted by molar-refractivity contribution is 0.0689. The molecule has 2 heterocycles. The van der Waals surface area contributed by atoms with E-state index in [1.54, 1.807) is 17.3 Å². The molecule has 0 aromatic carbocycles. The third-order valence-electron chi connectivity index (χ3n) is 3.58. The van der Waals surface area contributed by atoms with Gasteiger partial charge in [0.25, 0.3) is 5.91 Å². The number of carboxylic acids is 1. The Morgan fingerprint density at radius 2 is 1.91 bits per heavy atom. The number of carbonyl (C=O) groups excluding carboxylic acids is 1. The third-order valence-corrected chi connectivity index (χ3v) is 3.58. The first-order valence-electron chi connectivity index (χ1n) is 7.04. The first kappa shape index (κ1) is 14.2. The van der Waals surface area contributed by atoms with Crippen LogP contribution in [0.4, 0.5) is 0 Å². The standard InChI is InChI=1S/C16H15N3O3/c20-15(14-4-1-12(9-18-14)16(21)22)19(13-2-3-13)10-11-5-7-17-8-6-11/h1,4-9,13H,2-3,10H2,(H,21,22). The summed E-state index contributed by atoms with van der Waals surface area (Å²) in [5.41, 5.74) is 1.35. The van der Waals surface area contributed by atoms with Crippen molar-refractivity contribution in [2.24, 2.45) is 0 Å². The van der Waals surface area contributed by atoms with Crippen molar-refractivity contribution in [2.75, 3.05) is 0 Å². The lowest BCUT2D eigenvalue weighted by Gasteiger charge is -2.22. The third kappa shape index (κ3) is 3.11. The summed E-state index contributed by atoms with van der Waals surface area (Å²) >= 11 is 0. The zero-order chi connectivity index (χ0) is 15.5. The van der Waals surface area contributed by atoms with Gasteiger partial charge in [0.1, 0.15) is 5.69 Å². The summed E-state index contributed by atoms with van der Waals surface area (Å²) in [5, 5.41) is 8.88. The number of nitrogens with zero attached hydrogens (tertiary/aromatic N) is 3. The van der Waals surface area contributed by atoms with Crippen LogP contribution in [0.15, 0.2) is 42.9 Å². The van der Waals surface area contributed by atoms with Crippen LogP contribution in [-0.2, 0) is 6.54 Å². The number of aromatic nitrogens is 2. The molecule has 1 aliphatic rings. The molecule has 1 aliphatic carbocycles. The first-order chi connectivity index (χ1) is 10.6. The molecule has 1 saturated carbocycles. The van der Waals surface area contributed by atoms with Crippen molar-refractivity contribution in [1.82, 2.24) is 14.9 Å². The van der Waals surface area contributed by atoms with Crippen molar-refractivity contribution in [3.63, 3.8) is 0 Å². The Morgan fingerprint density at radius 1 is 1.18 bits per heavy atom. The van der Waals surface area contributed by atoms with Gasteiger partial charge in [-0.1, -0.05) is 0 Å². The SMILES string of the molecule is O=C(O)c1ccc(C(=O)N(Cc2ccncc2)C2CC2)nc1. The molecule has 0 saturated heterocycles. The molecule has 0 bridgehead atoms. The molecule has 0 atom stereocenters. The number of pyridine rings is 2. The highest BCUT2D eigenvalue weighted by Crippen LogP contribution is 2.29. The number of carbonyl (C=O) groups is 2. The number of aromatic carboxylic acids is 1. The molecule has 22 heavy (non-hydrogen) atoms.